The van der Waals surface area contributed by atoms with E-state index in [1.165, 1.54) is 0 Å². The maximum atomic E-state index is 9.05. The molecule has 0 fully saturated rings. The molecule has 2 aromatic rings. The third-order valence-corrected chi connectivity index (χ3v) is 3.41. The van der Waals surface area contributed by atoms with E-state index in [1.807, 2.05) is 41.9 Å². The average molecular weight is 258 g/mol. The Balaban J connectivity index is 1.93. The van der Waals surface area contributed by atoms with E-state index < -0.39 is 0 Å². The predicted molar refractivity (Wildman–Crippen MR) is 73.2 cm³/mol. The molecule has 1 N–H and O–H groups in total. The van der Waals surface area contributed by atoms with Crippen LogP contribution in [0.4, 0.5) is 0 Å². The maximum absolute atomic E-state index is 9.05. The minimum Gasteiger partial charge on any atom is -0.390 e. The van der Waals surface area contributed by atoms with Gasteiger partial charge in [-0.05, 0) is 12.1 Å². The maximum Gasteiger partial charge on any atom is 0.168 e. The molecule has 4 heteroatoms. The second-order valence-corrected chi connectivity index (χ2v) is 4.65. The summed E-state index contributed by atoms with van der Waals surface area (Å²) < 4.78 is 1.88. The minimum absolute atomic E-state index is 0.0136. The first-order chi connectivity index (χ1) is 8.81. The van der Waals surface area contributed by atoms with Crippen LogP contribution in [0.5, 0.6) is 0 Å². The van der Waals surface area contributed by atoms with Gasteiger partial charge in [-0.3, -0.25) is 0 Å². The molecule has 0 bridgehead atoms. The monoisotopic (exact) mass is 258 g/mol. The van der Waals surface area contributed by atoms with Gasteiger partial charge < -0.3 is 9.67 Å². The first-order valence-electron chi connectivity index (χ1n) is 5.59. The number of benzene rings is 1. The highest BCUT2D eigenvalue weighted by atomic mass is 32.2. The lowest BCUT2D eigenvalue weighted by molar-refractivity contribution is 0.271. The Hall–Kier alpha value is -1.70. The summed E-state index contributed by atoms with van der Waals surface area (Å²) in [6.45, 7) is 0.0136. The molecular formula is C14H14N2OS. The third kappa shape index (κ3) is 3.16. The smallest absolute Gasteiger partial charge is 0.168 e. The molecule has 0 saturated heterocycles. The molecule has 1 aromatic heterocycles. The zero-order valence-electron chi connectivity index (χ0n) is 10.1. The van der Waals surface area contributed by atoms with Gasteiger partial charge in [0.1, 0.15) is 0 Å². The number of thioether (sulfide) groups is 1. The van der Waals surface area contributed by atoms with E-state index in [4.69, 9.17) is 5.11 Å². The van der Waals surface area contributed by atoms with Crippen LogP contribution in [0.25, 0.3) is 0 Å². The molecule has 0 spiro atoms. The number of rotatable bonds is 3. The summed E-state index contributed by atoms with van der Waals surface area (Å²) in [7, 11) is 1.89. The molecule has 0 aliphatic carbocycles. The molecule has 0 aliphatic rings. The van der Waals surface area contributed by atoms with E-state index >= 15 is 0 Å². The van der Waals surface area contributed by atoms with E-state index in [0.717, 1.165) is 16.4 Å². The van der Waals surface area contributed by atoms with Crippen LogP contribution in [0, 0.1) is 11.8 Å². The van der Waals surface area contributed by atoms with Crippen LogP contribution in [-0.2, 0) is 13.7 Å². The Morgan fingerprint density at radius 1 is 1.33 bits per heavy atom. The van der Waals surface area contributed by atoms with Gasteiger partial charge in [-0.1, -0.05) is 41.8 Å². The molecule has 3 nitrogen and oxygen atoms in total. The molecule has 0 radical (unpaired) electrons. The number of aliphatic hydroxyl groups excluding tert-OH is 1. The van der Waals surface area contributed by atoms with Crippen molar-refractivity contribution in [3.8, 4) is 11.8 Å². The molecule has 2 rings (SSSR count). The summed E-state index contributed by atoms with van der Waals surface area (Å²) in [5.74, 6) is 6.88. The van der Waals surface area contributed by atoms with Gasteiger partial charge in [0.25, 0.3) is 0 Å². The lowest BCUT2D eigenvalue weighted by atomic mass is 10.2. The number of hydrogen-bond donors (Lipinski definition) is 1. The Morgan fingerprint density at radius 3 is 2.78 bits per heavy atom. The van der Waals surface area contributed by atoms with Gasteiger partial charge >= 0.3 is 0 Å². The Kier molecular flexibility index (Phi) is 4.46. The van der Waals surface area contributed by atoms with Crippen LogP contribution >= 0.6 is 11.8 Å². The van der Waals surface area contributed by atoms with Gasteiger partial charge in [0.2, 0.25) is 0 Å². The lowest BCUT2D eigenvalue weighted by Gasteiger charge is -2.00. The fraction of sp³-hybridized carbons (Fsp3) is 0.214. The van der Waals surface area contributed by atoms with E-state index in [2.05, 4.69) is 16.8 Å². The molecule has 0 amide bonds. The summed E-state index contributed by atoms with van der Waals surface area (Å²) in [6, 6.07) is 9.90. The van der Waals surface area contributed by atoms with Crippen LogP contribution in [0.2, 0.25) is 0 Å². The van der Waals surface area contributed by atoms with E-state index in [9.17, 15) is 0 Å². The zero-order chi connectivity index (χ0) is 12.8. The van der Waals surface area contributed by atoms with E-state index in [-0.39, 0.29) is 6.61 Å². The minimum atomic E-state index is 0.0136. The molecule has 18 heavy (non-hydrogen) atoms. The largest absolute Gasteiger partial charge is 0.390 e. The molecule has 0 aliphatic heterocycles. The van der Waals surface area contributed by atoms with E-state index in [1.54, 1.807) is 18.0 Å². The van der Waals surface area contributed by atoms with Gasteiger partial charge in [-0.15, -0.1) is 0 Å². The normalized spacial score (nSPS) is 9.89. The van der Waals surface area contributed by atoms with Crippen molar-refractivity contribution in [2.45, 2.75) is 11.8 Å². The number of imidazole rings is 1. The van der Waals surface area contributed by atoms with Crippen LogP contribution in [0.1, 0.15) is 11.3 Å². The molecular weight excluding hydrogens is 244 g/mol. The van der Waals surface area contributed by atoms with Gasteiger partial charge in [0.05, 0.1) is 24.3 Å². The zero-order valence-corrected chi connectivity index (χ0v) is 10.9. The first kappa shape index (κ1) is 12.7. The van der Waals surface area contributed by atoms with Crippen molar-refractivity contribution >= 4 is 11.8 Å². The van der Waals surface area contributed by atoms with Gasteiger partial charge in [-0.2, -0.15) is 0 Å². The van der Waals surface area contributed by atoms with Crippen LogP contribution < -0.4 is 0 Å². The molecule has 1 heterocycles. The average Bonchev–Trinajstić information content (AvgIpc) is 2.77. The summed E-state index contributed by atoms with van der Waals surface area (Å²) in [4.78, 5) is 4.23. The summed E-state index contributed by atoms with van der Waals surface area (Å²) in [6.07, 6.45) is 1.69. The molecule has 0 unspecified atom stereocenters. The van der Waals surface area contributed by atoms with Gasteiger partial charge in [-0.25, -0.2) is 4.98 Å². The molecule has 92 valence electrons. The van der Waals surface area contributed by atoms with Crippen molar-refractivity contribution in [3.63, 3.8) is 0 Å². The Morgan fingerprint density at radius 2 is 2.11 bits per heavy atom. The van der Waals surface area contributed by atoms with Crippen molar-refractivity contribution in [2.75, 3.05) is 5.75 Å². The number of nitrogens with zero attached hydrogens (tertiary/aromatic N) is 2. The molecule has 0 saturated carbocycles. The highest BCUT2D eigenvalue weighted by molar-refractivity contribution is 7.99. The van der Waals surface area contributed by atoms with Crippen molar-refractivity contribution in [1.29, 1.82) is 0 Å². The SMILES string of the molecule is Cn1c(CO)cnc1SCC#Cc1ccccc1. The number of aliphatic hydroxyl groups is 1. The van der Waals surface area contributed by atoms with Crippen LogP contribution in [0.15, 0.2) is 41.7 Å². The van der Waals surface area contributed by atoms with Crippen LogP contribution in [-0.4, -0.2) is 20.4 Å². The van der Waals surface area contributed by atoms with Gasteiger partial charge in [0.15, 0.2) is 5.16 Å². The second kappa shape index (κ2) is 6.29. The topological polar surface area (TPSA) is 38.0 Å². The number of aromatic nitrogens is 2. The summed E-state index contributed by atoms with van der Waals surface area (Å²) in [5.41, 5.74) is 1.84. The lowest BCUT2D eigenvalue weighted by Crippen LogP contribution is -1.97. The third-order valence-electron chi connectivity index (χ3n) is 2.48. The van der Waals surface area contributed by atoms with E-state index in [0.29, 0.717) is 5.75 Å². The predicted octanol–water partition coefficient (Wildman–Crippen LogP) is 2.06. The van der Waals surface area contributed by atoms with Crippen molar-refractivity contribution in [1.82, 2.24) is 9.55 Å². The Labute approximate surface area is 111 Å². The first-order valence-corrected chi connectivity index (χ1v) is 6.58. The Bertz CT molecular complexity index is 566. The summed E-state index contributed by atoms with van der Waals surface area (Å²) >= 11 is 1.57. The quantitative estimate of drug-likeness (QED) is 0.676. The van der Waals surface area contributed by atoms with Crippen LogP contribution in [0.3, 0.4) is 0 Å². The van der Waals surface area contributed by atoms with Gasteiger partial charge in [0, 0.05) is 12.6 Å². The standard InChI is InChI=1S/C14H14N2OS/c1-16-13(11-17)10-15-14(16)18-9-5-8-12-6-3-2-4-7-12/h2-4,6-7,10,17H,9,11H2,1H3. The highest BCUT2D eigenvalue weighted by Gasteiger charge is 2.04. The second-order valence-electron chi connectivity index (χ2n) is 3.71. The fourth-order valence-electron chi connectivity index (χ4n) is 1.47. The molecule has 1 aromatic carbocycles. The molecule has 0 atom stereocenters. The highest BCUT2D eigenvalue weighted by Crippen LogP contribution is 2.16. The van der Waals surface area contributed by atoms with Crippen molar-refractivity contribution < 1.29 is 5.11 Å². The summed E-state index contributed by atoms with van der Waals surface area (Å²) in [5, 5.41) is 9.93. The fourth-order valence-corrected chi connectivity index (χ4v) is 2.18. The van der Waals surface area contributed by atoms with Crippen molar-refractivity contribution in [2.24, 2.45) is 7.05 Å². The number of hydrogen-bond acceptors (Lipinski definition) is 3. The van der Waals surface area contributed by atoms with Crippen molar-refractivity contribution in [3.05, 3.63) is 47.8 Å².